The summed E-state index contributed by atoms with van der Waals surface area (Å²) in [6.45, 7) is 5.00. The lowest BCUT2D eigenvalue weighted by molar-refractivity contribution is -0.141. The number of fused-ring (bicyclic) bond motifs is 2. The van der Waals surface area contributed by atoms with Crippen molar-refractivity contribution in [1.82, 2.24) is 4.90 Å². The number of aryl methyl sites for hydroxylation is 3. The molecule has 216 valence electrons. The first-order chi connectivity index (χ1) is 20.3. The second kappa shape index (κ2) is 9.76. The van der Waals surface area contributed by atoms with Gasteiger partial charge in [-0.3, -0.25) is 24.1 Å². The number of benzene rings is 4. The van der Waals surface area contributed by atoms with E-state index in [0.29, 0.717) is 27.8 Å². The van der Waals surface area contributed by atoms with Crippen LogP contribution >= 0.6 is 0 Å². The fraction of sp³-hybridized carbons (Fsp3) is 0.176. The number of carbonyl (C=O) groups excluding carboxylic acids is 4. The molecule has 0 saturated heterocycles. The Hall–Kier alpha value is -5.05. The van der Waals surface area contributed by atoms with Crippen molar-refractivity contribution < 1.29 is 32.3 Å². The molecule has 4 aromatic rings. The third-order valence-electron chi connectivity index (χ3n) is 8.20. The largest absolute Gasteiger partial charge is 0.399 e. The van der Waals surface area contributed by atoms with Crippen LogP contribution in [0.15, 0.2) is 72.8 Å². The van der Waals surface area contributed by atoms with Gasteiger partial charge >= 0.3 is 6.18 Å². The van der Waals surface area contributed by atoms with Gasteiger partial charge in [0.25, 0.3) is 23.6 Å². The predicted molar refractivity (Wildman–Crippen MR) is 154 cm³/mol. The Labute approximate surface area is 245 Å². The fourth-order valence-corrected chi connectivity index (χ4v) is 5.99. The molecule has 0 bridgehead atoms. The first-order valence-electron chi connectivity index (χ1n) is 13.5. The number of halogens is 3. The number of alkyl halides is 3. The van der Waals surface area contributed by atoms with Crippen molar-refractivity contribution in [3.8, 4) is 11.1 Å². The zero-order chi connectivity index (χ0) is 31.0. The number of hydrogen-bond donors (Lipinski definition) is 0. The van der Waals surface area contributed by atoms with Crippen LogP contribution in [0.5, 0.6) is 0 Å². The first kappa shape index (κ1) is 28.1. The zero-order valence-electron chi connectivity index (χ0n) is 23.7. The van der Waals surface area contributed by atoms with Crippen molar-refractivity contribution in [2.75, 3.05) is 11.9 Å². The van der Waals surface area contributed by atoms with Gasteiger partial charge in [0.15, 0.2) is 0 Å². The van der Waals surface area contributed by atoms with Gasteiger partial charge in [-0.2, -0.15) is 13.2 Å². The molecule has 0 spiro atoms. The van der Waals surface area contributed by atoms with Crippen molar-refractivity contribution in [3.05, 3.63) is 123 Å². The minimum atomic E-state index is -4.57. The number of hydrogen-bond acceptors (Lipinski definition) is 4. The summed E-state index contributed by atoms with van der Waals surface area (Å²) in [6, 6.07) is 18.5. The molecule has 6 nitrogen and oxygen atoms in total. The molecule has 2 aliphatic rings. The van der Waals surface area contributed by atoms with Gasteiger partial charge in [-0.25, -0.2) is 4.90 Å². The van der Waals surface area contributed by atoms with Crippen LogP contribution in [0.3, 0.4) is 0 Å². The molecule has 1 atom stereocenters. The predicted octanol–water partition coefficient (Wildman–Crippen LogP) is 7.00. The highest BCUT2D eigenvalue weighted by Gasteiger charge is 2.44. The maximum absolute atomic E-state index is 14.4. The molecule has 0 fully saturated rings. The van der Waals surface area contributed by atoms with E-state index in [1.165, 1.54) is 44.3 Å². The third-order valence-corrected chi connectivity index (χ3v) is 8.20. The Kier molecular flexibility index (Phi) is 6.38. The van der Waals surface area contributed by atoms with E-state index in [1.54, 1.807) is 49.4 Å². The van der Waals surface area contributed by atoms with E-state index in [0.717, 1.165) is 15.4 Å². The molecule has 0 saturated carbocycles. The molecule has 4 aromatic carbocycles. The van der Waals surface area contributed by atoms with Crippen LogP contribution in [0.2, 0.25) is 0 Å². The Balaban J connectivity index is 1.34. The highest BCUT2D eigenvalue weighted by atomic mass is 19.4. The molecule has 0 aromatic heterocycles. The van der Waals surface area contributed by atoms with Crippen molar-refractivity contribution in [3.63, 3.8) is 0 Å². The van der Waals surface area contributed by atoms with E-state index in [1.807, 2.05) is 6.92 Å². The normalized spacial score (nSPS) is 15.3. The maximum atomic E-state index is 14.4. The smallest absolute Gasteiger partial charge is 0.277 e. The molecule has 4 amide bonds. The molecule has 2 aliphatic heterocycles. The van der Waals surface area contributed by atoms with Crippen LogP contribution in [-0.2, 0) is 0 Å². The monoisotopic (exact) mass is 582 g/mol. The van der Waals surface area contributed by atoms with Gasteiger partial charge in [0.2, 0.25) is 0 Å². The second-order valence-electron chi connectivity index (χ2n) is 11.0. The third kappa shape index (κ3) is 4.43. The lowest BCUT2D eigenvalue weighted by Gasteiger charge is -2.26. The molecule has 0 N–H and O–H groups in total. The van der Waals surface area contributed by atoms with Crippen LogP contribution in [-0.4, -0.2) is 41.8 Å². The van der Waals surface area contributed by atoms with Gasteiger partial charge in [-0.15, -0.1) is 0 Å². The van der Waals surface area contributed by atoms with Gasteiger partial charge in [-0.1, -0.05) is 42.0 Å². The highest BCUT2D eigenvalue weighted by molar-refractivity contribution is 6.34. The maximum Gasteiger partial charge on any atom is 0.399 e. The number of imide groups is 2. The summed E-state index contributed by atoms with van der Waals surface area (Å²) in [6.07, 6.45) is -4.57. The Bertz CT molecular complexity index is 1910. The summed E-state index contributed by atoms with van der Waals surface area (Å²) in [4.78, 5) is 53.6. The van der Waals surface area contributed by atoms with E-state index < -0.39 is 35.7 Å². The number of anilines is 1. The average Bonchev–Trinajstić information content (AvgIpc) is 3.33. The minimum Gasteiger partial charge on any atom is -0.277 e. The summed E-state index contributed by atoms with van der Waals surface area (Å²) in [5.41, 5.74) is 4.00. The van der Waals surface area contributed by atoms with Crippen LogP contribution in [0.1, 0.15) is 75.2 Å². The SMILES string of the molecule is Cc1ccc(C(c2ccc(N3C(=O)c4ccc(-c5ccc6c(c5)C(=O)N(C)C6=O)cc4C3=O)cc2C)C(F)(F)F)c(C)c1. The number of nitrogens with zero attached hydrogens (tertiary/aromatic N) is 2. The van der Waals surface area contributed by atoms with Gasteiger partial charge < -0.3 is 0 Å². The molecular weight excluding hydrogens is 557 g/mol. The lowest BCUT2D eigenvalue weighted by atomic mass is 9.85. The fourth-order valence-electron chi connectivity index (χ4n) is 5.99. The summed E-state index contributed by atoms with van der Waals surface area (Å²) in [5, 5.41) is 0. The zero-order valence-corrected chi connectivity index (χ0v) is 23.7. The molecular formula is C34H25F3N2O4. The Morgan fingerprint density at radius 1 is 0.581 bits per heavy atom. The Morgan fingerprint density at radius 2 is 1.07 bits per heavy atom. The topological polar surface area (TPSA) is 74.8 Å². The molecule has 2 heterocycles. The lowest BCUT2D eigenvalue weighted by Crippen LogP contribution is -2.29. The van der Waals surface area contributed by atoms with Crippen LogP contribution in [0.4, 0.5) is 18.9 Å². The second-order valence-corrected chi connectivity index (χ2v) is 11.0. The van der Waals surface area contributed by atoms with Crippen LogP contribution in [0.25, 0.3) is 11.1 Å². The summed E-state index contributed by atoms with van der Waals surface area (Å²) >= 11 is 0. The minimum absolute atomic E-state index is 0.0392. The van der Waals surface area contributed by atoms with Crippen molar-refractivity contribution in [2.45, 2.75) is 32.9 Å². The first-order valence-corrected chi connectivity index (χ1v) is 13.5. The number of rotatable bonds is 4. The van der Waals surface area contributed by atoms with E-state index in [-0.39, 0.29) is 33.5 Å². The van der Waals surface area contributed by atoms with Gasteiger partial charge in [0, 0.05) is 7.05 Å². The van der Waals surface area contributed by atoms with Gasteiger partial charge in [0.05, 0.1) is 27.9 Å². The number of carbonyl (C=O) groups is 4. The van der Waals surface area contributed by atoms with E-state index in [4.69, 9.17) is 0 Å². The van der Waals surface area contributed by atoms with Crippen LogP contribution in [0, 0.1) is 20.8 Å². The number of amides is 4. The van der Waals surface area contributed by atoms with Crippen molar-refractivity contribution >= 4 is 29.3 Å². The summed E-state index contributed by atoms with van der Waals surface area (Å²) in [5.74, 6) is -3.89. The molecule has 0 radical (unpaired) electrons. The molecule has 6 rings (SSSR count). The molecule has 0 aliphatic carbocycles. The van der Waals surface area contributed by atoms with Gasteiger partial charge in [0.1, 0.15) is 5.92 Å². The standard InChI is InChI=1S/C34H25F3N2O4/c1-17-5-9-23(18(2)13-17)29(34(35,36)37)24-12-8-22(14-19(24)3)39-32(42)26-11-7-21(16-28(26)33(39)43)20-6-10-25-27(15-20)31(41)38(4)30(25)40/h5-16,29H,1-4H3. The van der Waals surface area contributed by atoms with Crippen molar-refractivity contribution in [2.24, 2.45) is 0 Å². The quantitative estimate of drug-likeness (QED) is 0.243. The van der Waals surface area contributed by atoms with Crippen LogP contribution < -0.4 is 4.90 Å². The van der Waals surface area contributed by atoms with E-state index in [2.05, 4.69) is 0 Å². The summed E-state index contributed by atoms with van der Waals surface area (Å²) in [7, 11) is 1.40. The molecule has 43 heavy (non-hydrogen) atoms. The average molecular weight is 583 g/mol. The summed E-state index contributed by atoms with van der Waals surface area (Å²) < 4.78 is 43.2. The molecule has 1 unspecified atom stereocenters. The highest BCUT2D eigenvalue weighted by Crippen LogP contribution is 2.44. The van der Waals surface area contributed by atoms with Gasteiger partial charge in [-0.05, 0) is 90.6 Å². The van der Waals surface area contributed by atoms with Crippen molar-refractivity contribution in [1.29, 1.82) is 0 Å². The van der Waals surface area contributed by atoms with E-state index >= 15 is 0 Å². The molecule has 9 heteroatoms. The van der Waals surface area contributed by atoms with E-state index in [9.17, 15) is 32.3 Å². The Morgan fingerprint density at radius 3 is 1.63 bits per heavy atom.